The number of rotatable bonds is 8. The molecule has 1 saturated carbocycles. The zero-order chi connectivity index (χ0) is 22.9. The van der Waals surface area contributed by atoms with Crippen LogP contribution in [0.15, 0.2) is 12.4 Å². The molecule has 0 aromatic carbocycles. The van der Waals surface area contributed by atoms with Gasteiger partial charge < -0.3 is 15.4 Å². The van der Waals surface area contributed by atoms with Crippen molar-refractivity contribution in [2.24, 2.45) is 5.92 Å². The van der Waals surface area contributed by atoms with Crippen LogP contribution >= 0.6 is 0 Å². The van der Waals surface area contributed by atoms with E-state index >= 15 is 0 Å². The van der Waals surface area contributed by atoms with Gasteiger partial charge in [-0.15, -0.1) is 0 Å². The van der Waals surface area contributed by atoms with E-state index in [1.807, 2.05) is 11.6 Å². The lowest BCUT2D eigenvalue weighted by atomic mass is 10.0. The number of anilines is 3. The van der Waals surface area contributed by atoms with E-state index in [1.165, 1.54) is 12.8 Å². The molecule has 0 spiro atoms. The van der Waals surface area contributed by atoms with Crippen molar-refractivity contribution in [1.82, 2.24) is 24.6 Å². The highest BCUT2D eigenvalue weighted by Crippen LogP contribution is 2.38. The molecule has 1 aliphatic carbocycles. The van der Waals surface area contributed by atoms with Crippen LogP contribution in [0.1, 0.15) is 49.9 Å². The third-order valence-corrected chi connectivity index (χ3v) is 6.20. The van der Waals surface area contributed by atoms with Crippen molar-refractivity contribution < 1.29 is 17.9 Å². The Balaban J connectivity index is 1.44. The summed E-state index contributed by atoms with van der Waals surface area (Å²) < 4.78 is 47.3. The lowest BCUT2D eigenvalue weighted by molar-refractivity contribution is -0.137. The minimum absolute atomic E-state index is 0.0961. The van der Waals surface area contributed by atoms with Gasteiger partial charge in [-0.1, -0.05) is 0 Å². The topological polar surface area (TPSA) is 80.1 Å². The fourth-order valence-electron chi connectivity index (χ4n) is 4.39. The summed E-state index contributed by atoms with van der Waals surface area (Å²) in [5.41, 5.74) is 0.703. The number of hydrogen-bond donors (Lipinski definition) is 2. The molecular weight excluding hydrogens is 423 g/mol. The Morgan fingerprint density at radius 3 is 2.50 bits per heavy atom. The molecule has 2 aromatic heterocycles. The number of alkyl halides is 3. The second kappa shape index (κ2) is 9.22. The van der Waals surface area contributed by atoms with E-state index in [-0.39, 0.29) is 24.0 Å². The molecule has 0 amide bonds. The summed E-state index contributed by atoms with van der Waals surface area (Å²) in [7, 11) is 1.79. The molecule has 0 bridgehead atoms. The Morgan fingerprint density at radius 2 is 1.91 bits per heavy atom. The van der Waals surface area contributed by atoms with Crippen molar-refractivity contribution in [2.45, 2.75) is 58.0 Å². The van der Waals surface area contributed by atoms with E-state index in [1.54, 1.807) is 20.2 Å². The minimum atomic E-state index is -4.52. The predicted molar refractivity (Wildman–Crippen MR) is 115 cm³/mol. The molecule has 2 aliphatic rings. The van der Waals surface area contributed by atoms with Gasteiger partial charge in [-0.05, 0) is 45.4 Å². The highest BCUT2D eigenvalue weighted by atomic mass is 19.4. The fourth-order valence-corrected chi connectivity index (χ4v) is 4.39. The molecule has 4 rings (SSSR count). The number of piperidine rings is 1. The largest absolute Gasteiger partial charge is 0.421 e. The smallest absolute Gasteiger partial charge is 0.370 e. The predicted octanol–water partition coefficient (Wildman–Crippen LogP) is 4.20. The average Bonchev–Trinajstić information content (AvgIpc) is 3.53. The van der Waals surface area contributed by atoms with Gasteiger partial charge in [0, 0.05) is 32.9 Å². The normalized spacial score (nSPS) is 19.2. The molecule has 8 nitrogen and oxygen atoms in total. The van der Waals surface area contributed by atoms with E-state index in [2.05, 4.69) is 30.6 Å². The van der Waals surface area contributed by atoms with Crippen LogP contribution < -0.4 is 10.6 Å². The van der Waals surface area contributed by atoms with Gasteiger partial charge in [-0.25, -0.2) is 4.98 Å². The first-order chi connectivity index (χ1) is 15.3. The zero-order valence-corrected chi connectivity index (χ0v) is 18.6. The molecule has 2 aromatic rings. The van der Waals surface area contributed by atoms with Gasteiger partial charge in [0.05, 0.1) is 23.6 Å². The van der Waals surface area contributed by atoms with Crippen LogP contribution in [0.25, 0.3) is 0 Å². The standard InChI is InChI=1S/C21H30F3N7O/c1-4-25-18-16(21(22,23)24)11-26-20(29-18)28-17-12-27-31(13(17)2)15-7-9-30(10-8-15)19(32-3)14-5-6-14/h11-12,14-15,19H,4-10H2,1-3H3,(H2,25,26,28,29). The van der Waals surface area contributed by atoms with E-state index in [9.17, 15) is 13.2 Å². The molecule has 2 N–H and O–H groups in total. The Hall–Kier alpha value is -2.40. The lowest BCUT2D eigenvalue weighted by Gasteiger charge is -2.37. The molecule has 0 radical (unpaired) electrons. The molecular formula is C21H30F3N7O. The number of methoxy groups -OCH3 is 1. The highest BCUT2D eigenvalue weighted by molar-refractivity contribution is 5.58. The van der Waals surface area contributed by atoms with Crippen molar-refractivity contribution in [3.8, 4) is 0 Å². The summed E-state index contributed by atoms with van der Waals surface area (Å²) in [5.74, 6) is 0.520. The number of nitrogens with one attached hydrogen (secondary N) is 2. The van der Waals surface area contributed by atoms with Crippen molar-refractivity contribution in [3.63, 3.8) is 0 Å². The summed E-state index contributed by atoms with van der Waals surface area (Å²) in [6, 6.07) is 0.268. The maximum absolute atomic E-state index is 13.2. The Morgan fingerprint density at radius 1 is 1.19 bits per heavy atom. The molecule has 32 heavy (non-hydrogen) atoms. The van der Waals surface area contributed by atoms with Crippen LogP contribution in [0.3, 0.4) is 0 Å². The quantitative estimate of drug-likeness (QED) is 0.620. The summed E-state index contributed by atoms with van der Waals surface area (Å²) >= 11 is 0. The Bertz CT molecular complexity index is 921. The molecule has 1 aliphatic heterocycles. The fraction of sp³-hybridized carbons (Fsp3) is 0.667. The van der Waals surface area contributed by atoms with Gasteiger partial charge in [-0.2, -0.15) is 23.3 Å². The van der Waals surface area contributed by atoms with Crippen LogP contribution in [-0.4, -0.2) is 57.6 Å². The number of hydrogen-bond acceptors (Lipinski definition) is 7. The maximum Gasteiger partial charge on any atom is 0.421 e. The molecule has 176 valence electrons. The molecule has 11 heteroatoms. The number of likely N-dealkylation sites (tertiary alicyclic amines) is 1. The zero-order valence-electron chi connectivity index (χ0n) is 18.6. The Kier molecular flexibility index (Phi) is 6.57. The second-order valence-electron chi connectivity index (χ2n) is 8.43. The summed E-state index contributed by atoms with van der Waals surface area (Å²) in [6.07, 6.45) is 2.60. The van der Waals surface area contributed by atoms with Crippen LogP contribution in [0.2, 0.25) is 0 Å². The van der Waals surface area contributed by atoms with E-state index in [0.29, 0.717) is 18.2 Å². The first-order valence-corrected chi connectivity index (χ1v) is 11.1. The number of nitrogens with zero attached hydrogens (tertiary/aromatic N) is 5. The van der Waals surface area contributed by atoms with Crippen molar-refractivity contribution in [3.05, 3.63) is 23.7 Å². The van der Waals surface area contributed by atoms with Crippen molar-refractivity contribution in [1.29, 1.82) is 0 Å². The minimum Gasteiger partial charge on any atom is -0.370 e. The third kappa shape index (κ3) is 4.83. The van der Waals surface area contributed by atoms with Crippen molar-refractivity contribution in [2.75, 3.05) is 37.4 Å². The van der Waals surface area contributed by atoms with Gasteiger partial charge in [0.1, 0.15) is 17.6 Å². The van der Waals surface area contributed by atoms with Gasteiger partial charge in [0.15, 0.2) is 0 Å². The number of halogens is 3. The Labute approximate surface area is 185 Å². The lowest BCUT2D eigenvalue weighted by Crippen LogP contribution is -2.44. The molecule has 1 atom stereocenters. The number of aromatic nitrogens is 4. The van der Waals surface area contributed by atoms with Crippen LogP contribution in [0.5, 0.6) is 0 Å². The van der Waals surface area contributed by atoms with Gasteiger partial charge in [-0.3, -0.25) is 9.58 Å². The van der Waals surface area contributed by atoms with Gasteiger partial charge in [0.2, 0.25) is 5.95 Å². The third-order valence-electron chi connectivity index (χ3n) is 6.20. The van der Waals surface area contributed by atoms with Crippen LogP contribution in [0.4, 0.5) is 30.6 Å². The average molecular weight is 454 g/mol. The summed E-state index contributed by atoms with van der Waals surface area (Å²) in [6.45, 7) is 5.89. The van der Waals surface area contributed by atoms with Crippen LogP contribution in [0, 0.1) is 12.8 Å². The molecule has 2 fully saturated rings. The first-order valence-electron chi connectivity index (χ1n) is 11.1. The summed E-state index contributed by atoms with van der Waals surface area (Å²) in [5, 5.41) is 10.2. The van der Waals surface area contributed by atoms with Crippen molar-refractivity contribution >= 4 is 17.5 Å². The molecule has 3 heterocycles. The van der Waals surface area contributed by atoms with E-state index in [0.717, 1.165) is 37.8 Å². The highest BCUT2D eigenvalue weighted by Gasteiger charge is 2.37. The maximum atomic E-state index is 13.2. The molecule has 1 unspecified atom stereocenters. The van der Waals surface area contributed by atoms with Gasteiger partial charge >= 0.3 is 6.18 Å². The van der Waals surface area contributed by atoms with E-state index < -0.39 is 11.7 Å². The number of ether oxygens (including phenoxy) is 1. The monoisotopic (exact) mass is 453 g/mol. The van der Waals surface area contributed by atoms with E-state index in [4.69, 9.17) is 4.74 Å². The second-order valence-corrected chi connectivity index (χ2v) is 8.43. The SMILES string of the molecule is CCNc1nc(Nc2cnn(C3CCN(C(OC)C4CC4)CC3)c2C)ncc1C(F)(F)F. The summed E-state index contributed by atoms with van der Waals surface area (Å²) in [4.78, 5) is 10.3. The van der Waals surface area contributed by atoms with Gasteiger partial charge in [0.25, 0.3) is 0 Å². The first kappa shape index (κ1) is 22.8. The van der Waals surface area contributed by atoms with Crippen LogP contribution in [-0.2, 0) is 10.9 Å². The molecule has 1 saturated heterocycles.